The number of amides is 2. The molecular formula is C13H18N4O4. The number of hydrogen-bond donors (Lipinski definition) is 3. The Morgan fingerprint density at radius 3 is 2.76 bits per heavy atom. The molecule has 2 rings (SSSR count). The van der Waals surface area contributed by atoms with Gasteiger partial charge in [-0.1, -0.05) is 0 Å². The number of nitrogens with one attached hydrogen (secondary N) is 2. The third-order valence-corrected chi connectivity index (χ3v) is 3.38. The number of aromatic nitrogens is 2. The number of urea groups is 1. The van der Waals surface area contributed by atoms with E-state index in [4.69, 9.17) is 9.84 Å². The van der Waals surface area contributed by atoms with Gasteiger partial charge >= 0.3 is 12.0 Å². The summed E-state index contributed by atoms with van der Waals surface area (Å²) < 4.78 is 5.00. The van der Waals surface area contributed by atoms with Gasteiger partial charge in [0.05, 0.1) is 13.0 Å². The lowest BCUT2D eigenvalue weighted by Crippen LogP contribution is -2.37. The molecule has 1 heterocycles. The lowest BCUT2D eigenvalue weighted by atomic mass is 10.1. The number of anilines is 1. The standard InChI is InChI=1S/C13H18N4O4/c1-7-5-10(21-2)16-12(14-7)17-13(20)15-9-4-3-8(6-9)11(18)19/h5,8-9H,3-4,6H2,1-2H3,(H,18,19)(H2,14,15,16,17,20)/t8-,9+/m1/s1. The second-order valence-corrected chi connectivity index (χ2v) is 5.02. The zero-order valence-corrected chi connectivity index (χ0v) is 11.9. The number of carbonyl (C=O) groups is 2. The van der Waals surface area contributed by atoms with Gasteiger partial charge in [-0.2, -0.15) is 4.98 Å². The zero-order valence-electron chi connectivity index (χ0n) is 11.9. The molecule has 1 aliphatic rings. The van der Waals surface area contributed by atoms with Gasteiger partial charge in [0, 0.05) is 17.8 Å². The Labute approximate surface area is 121 Å². The third kappa shape index (κ3) is 4.04. The minimum absolute atomic E-state index is 0.141. The van der Waals surface area contributed by atoms with Crippen molar-refractivity contribution in [2.24, 2.45) is 5.92 Å². The van der Waals surface area contributed by atoms with Gasteiger partial charge < -0.3 is 15.2 Å². The van der Waals surface area contributed by atoms with Crippen LogP contribution in [0.25, 0.3) is 0 Å². The van der Waals surface area contributed by atoms with Crippen LogP contribution in [0, 0.1) is 12.8 Å². The molecule has 114 valence electrons. The number of hydrogen-bond acceptors (Lipinski definition) is 5. The molecule has 1 aromatic rings. The van der Waals surface area contributed by atoms with Crippen LogP contribution in [-0.2, 0) is 4.79 Å². The van der Waals surface area contributed by atoms with Crippen LogP contribution in [0.15, 0.2) is 6.07 Å². The number of aliphatic carboxylic acids is 1. The van der Waals surface area contributed by atoms with Crippen LogP contribution in [0.2, 0.25) is 0 Å². The third-order valence-electron chi connectivity index (χ3n) is 3.38. The van der Waals surface area contributed by atoms with E-state index >= 15 is 0 Å². The maximum absolute atomic E-state index is 11.9. The number of ether oxygens (including phenoxy) is 1. The van der Waals surface area contributed by atoms with Crippen molar-refractivity contribution in [1.82, 2.24) is 15.3 Å². The lowest BCUT2D eigenvalue weighted by Gasteiger charge is -2.13. The molecule has 8 nitrogen and oxygen atoms in total. The number of aryl methyl sites for hydroxylation is 1. The Morgan fingerprint density at radius 1 is 1.38 bits per heavy atom. The lowest BCUT2D eigenvalue weighted by molar-refractivity contribution is -0.141. The maximum atomic E-state index is 11.9. The van der Waals surface area contributed by atoms with E-state index in [0.29, 0.717) is 30.8 Å². The molecule has 3 N–H and O–H groups in total. The molecule has 1 aromatic heterocycles. The van der Waals surface area contributed by atoms with Crippen molar-refractivity contribution < 1.29 is 19.4 Å². The van der Waals surface area contributed by atoms with Gasteiger partial charge in [-0.3, -0.25) is 10.1 Å². The highest BCUT2D eigenvalue weighted by Gasteiger charge is 2.30. The minimum Gasteiger partial charge on any atom is -0.481 e. The summed E-state index contributed by atoms with van der Waals surface area (Å²) in [7, 11) is 1.48. The Hall–Kier alpha value is -2.38. The monoisotopic (exact) mass is 294 g/mol. The molecule has 1 fully saturated rings. The van der Waals surface area contributed by atoms with Crippen molar-refractivity contribution in [2.45, 2.75) is 32.2 Å². The molecule has 0 unspecified atom stereocenters. The smallest absolute Gasteiger partial charge is 0.321 e. The first-order valence-electron chi connectivity index (χ1n) is 6.68. The van der Waals surface area contributed by atoms with Crippen LogP contribution < -0.4 is 15.4 Å². The Balaban J connectivity index is 1.90. The van der Waals surface area contributed by atoms with E-state index in [1.54, 1.807) is 13.0 Å². The quantitative estimate of drug-likeness (QED) is 0.768. The van der Waals surface area contributed by atoms with E-state index in [-0.39, 0.29) is 17.9 Å². The predicted octanol–water partition coefficient (Wildman–Crippen LogP) is 1.17. The summed E-state index contributed by atoms with van der Waals surface area (Å²) in [5.41, 5.74) is 0.670. The topological polar surface area (TPSA) is 113 Å². The van der Waals surface area contributed by atoms with Crippen LogP contribution in [0.5, 0.6) is 5.88 Å². The highest BCUT2D eigenvalue weighted by Crippen LogP contribution is 2.25. The number of carbonyl (C=O) groups excluding carboxylic acids is 1. The Kier molecular flexibility index (Phi) is 4.56. The first-order valence-corrected chi connectivity index (χ1v) is 6.68. The van der Waals surface area contributed by atoms with Gasteiger partial charge in [0.25, 0.3) is 0 Å². The largest absolute Gasteiger partial charge is 0.481 e. The van der Waals surface area contributed by atoms with Crippen LogP contribution >= 0.6 is 0 Å². The fraction of sp³-hybridized carbons (Fsp3) is 0.538. The predicted molar refractivity (Wildman–Crippen MR) is 74.2 cm³/mol. The van der Waals surface area contributed by atoms with Crippen LogP contribution in [-0.4, -0.2) is 40.2 Å². The van der Waals surface area contributed by atoms with Gasteiger partial charge in [-0.15, -0.1) is 0 Å². The number of rotatable bonds is 4. The van der Waals surface area contributed by atoms with E-state index in [2.05, 4.69) is 20.6 Å². The number of methoxy groups -OCH3 is 1. The van der Waals surface area contributed by atoms with E-state index < -0.39 is 12.0 Å². The molecule has 1 saturated carbocycles. The Morgan fingerprint density at radius 2 is 2.14 bits per heavy atom. The highest BCUT2D eigenvalue weighted by atomic mass is 16.5. The average molecular weight is 294 g/mol. The fourth-order valence-corrected chi connectivity index (χ4v) is 2.36. The van der Waals surface area contributed by atoms with E-state index in [9.17, 15) is 9.59 Å². The molecule has 1 aliphatic carbocycles. The van der Waals surface area contributed by atoms with Crippen LogP contribution in [0.3, 0.4) is 0 Å². The number of carboxylic acids is 1. The molecule has 2 atom stereocenters. The van der Waals surface area contributed by atoms with E-state index in [1.165, 1.54) is 7.11 Å². The molecule has 8 heteroatoms. The van der Waals surface area contributed by atoms with Gasteiger partial charge in [-0.05, 0) is 26.2 Å². The summed E-state index contributed by atoms with van der Waals surface area (Å²) in [5, 5.41) is 14.2. The second-order valence-electron chi connectivity index (χ2n) is 5.02. The molecule has 21 heavy (non-hydrogen) atoms. The Bertz CT molecular complexity index is 549. The highest BCUT2D eigenvalue weighted by molar-refractivity contribution is 5.87. The van der Waals surface area contributed by atoms with E-state index in [0.717, 1.165) is 0 Å². The molecule has 0 radical (unpaired) electrons. The minimum atomic E-state index is -0.813. The molecule has 0 bridgehead atoms. The van der Waals surface area contributed by atoms with Gasteiger partial charge in [0.15, 0.2) is 0 Å². The van der Waals surface area contributed by atoms with Crippen molar-refractivity contribution in [3.8, 4) is 5.88 Å². The molecular weight excluding hydrogens is 276 g/mol. The van der Waals surface area contributed by atoms with Crippen molar-refractivity contribution in [2.75, 3.05) is 12.4 Å². The van der Waals surface area contributed by atoms with Crippen molar-refractivity contribution in [3.05, 3.63) is 11.8 Å². The summed E-state index contributed by atoms with van der Waals surface area (Å²) in [6, 6.07) is 1.06. The van der Waals surface area contributed by atoms with Gasteiger partial charge in [0.2, 0.25) is 11.8 Å². The molecule has 2 amide bonds. The summed E-state index contributed by atoms with van der Waals surface area (Å²) >= 11 is 0. The van der Waals surface area contributed by atoms with Crippen LogP contribution in [0.4, 0.5) is 10.7 Å². The van der Waals surface area contributed by atoms with Gasteiger partial charge in [-0.25, -0.2) is 9.78 Å². The first kappa shape index (κ1) is 15.0. The van der Waals surface area contributed by atoms with Crippen molar-refractivity contribution in [3.63, 3.8) is 0 Å². The fourth-order valence-electron chi connectivity index (χ4n) is 2.36. The normalized spacial score (nSPS) is 20.9. The maximum Gasteiger partial charge on any atom is 0.321 e. The van der Waals surface area contributed by atoms with Crippen LogP contribution in [0.1, 0.15) is 25.0 Å². The summed E-state index contributed by atoms with van der Waals surface area (Å²) in [6.45, 7) is 1.77. The first-order chi connectivity index (χ1) is 9.97. The molecule has 0 aromatic carbocycles. The summed E-state index contributed by atoms with van der Waals surface area (Å²) in [5.74, 6) is -0.682. The zero-order chi connectivity index (χ0) is 15.4. The second kappa shape index (κ2) is 6.38. The summed E-state index contributed by atoms with van der Waals surface area (Å²) in [4.78, 5) is 30.8. The number of carboxylic acid groups (broad SMARTS) is 1. The number of nitrogens with zero attached hydrogens (tertiary/aromatic N) is 2. The SMILES string of the molecule is COc1cc(C)nc(NC(=O)N[C@H]2CC[C@@H](C(=O)O)C2)n1. The van der Waals surface area contributed by atoms with Crippen molar-refractivity contribution >= 4 is 17.9 Å². The summed E-state index contributed by atoms with van der Waals surface area (Å²) in [6.07, 6.45) is 1.68. The van der Waals surface area contributed by atoms with Crippen molar-refractivity contribution in [1.29, 1.82) is 0 Å². The molecule has 0 spiro atoms. The van der Waals surface area contributed by atoms with E-state index in [1.807, 2.05) is 0 Å². The van der Waals surface area contributed by atoms with Gasteiger partial charge in [0.1, 0.15) is 0 Å². The molecule has 0 aliphatic heterocycles. The molecule has 0 saturated heterocycles. The average Bonchev–Trinajstić information content (AvgIpc) is 2.86.